The molecule has 2 unspecified atom stereocenters. The van der Waals surface area contributed by atoms with Crippen LogP contribution in [0.25, 0.3) is 0 Å². The third-order valence-corrected chi connectivity index (χ3v) is 5.07. The molecule has 2 aliphatic rings. The Bertz CT molecular complexity index is 607. The van der Waals surface area contributed by atoms with Gasteiger partial charge in [0, 0.05) is 12.1 Å². The Morgan fingerprint density at radius 2 is 1.88 bits per heavy atom. The van der Waals surface area contributed by atoms with Crippen molar-refractivity contribution in [3.63, 3.8) is 0 Å². The minimum absolute atomic E-state index is 0.0565. The highest BCUT2D eigenvalue weighted by atomic mass is 16.6. The van der Waals surface area contributed by atoms with Gasteiger partial charge in [0.1, 0.15) is 12.1 Å². The molecule has 2 aliphatic heterocycles. The molecule has 1 aromatic carbocycles. The third kappa shape index (κ3) is 3.77. The fourth-order valence-corrected chi connectivity index (χ4v) is 3.64. The summed E-state index contributed by atoms with van der Waals surface area (Å²) in [6.45, 7) is 1.22. The van der Waals surface area contributed by atoms with Crippen LogP contribution in [0, 0.1) is 0 Å². The average molecular weight is 348 g/mol. The number of morpholine rings is 1. The fraction of sp³-hybridized carbons (Fsp3) is 0.556. The minimum Gasteiger partial charge on any atom is -0.467 e. The number of carbonyl (C=O) groups is 2. The largest absolute Gasteiger partial charge is 0.467 e. The number of fused-ring (bicyclic) bond motifs is 2. The van der Waals surface area contributed by atoms with Crippen LogP contribution in [0.4, 0.5) is 4.79 Å². The number of amides is 1. The van der Waals surface area contributed by atoms with Gasteiger partial charge in [-0.15, -0.1) is 0 Å². The van der Waals surface area contributed by atoms with Crippen LogP contribution in [0.15, 0.2) is 30.3 Å². The number of ether oxygens (including phenoxy) is 3. The van der Waals surface area contributed by atoms with Crippen LogP contribution in [-0.4, -0.2) is 62.0 Å². The zero-order valence-electron chi connectivity index (χ0n) is 14.6. The van der Waals surface area contributed by atoms with Gasteiger partial charge >= 0.3 is 12.1 Å². The molecule has 136 valence electrons. The lowest BCUT2D eigenvalue weighted by Crippen LogP contribution is -2.68. The number of hydrogen-bond acceptors (Lipinski definition) is 6. The maximum Gasteiger partial charge on any atom is 0.408 e. The first-order valence-electron chi connectivity index (χ1n) is 8.41. The maximum absolute atomic E-state index is 12.5. The summed E-state index contributed by atoms with van der Waals surface area (Å²) in [6.07, 6.45) is 0.262. The number of carbonyl (C=O) groups excluding carboxylic acids is 2. The van der Waals surface area contributed by atoms with E-state index in [-0.39, 0.29) is 18.7 Å². The zero-order valence-corrected chi connectivity index (χ0v) is 14.6. The number of likely N-dealkylation sites (N-methyl/N-ethyl adjacent to an activating group) is 1. The lowest BCUT2D eigenvalue weighted by atomic mass is 9.78. The predicted molar refractivity (Wildman–Crippen MR) is 89.9 cm³/mol. The number of nitrogens with zero attached hydrogens (tertiary/aromatic N) is 1. The highest BCUT2D eigenvalue weighted by Crippen LogP contribution is 2.34. The third-order valence-electron chi connectivity index (χ3n) is 5.07. The van der Waals surface area contributed by atoms with Crippen LogP contribution in [0.1, 0.15) is 18.4 Å². The van der Waals surface area contributed by atoms with Crippen LogP contribution in [-0.2, 0) is 25.6 Å². The Balaban J connectivity index is 1.69. The summed E-state index contributed by atoms with van der Waals surface area (Å²) in [5.74, 6) is -0.436. The van der Waals surface area contributed by atoms with E-state index in [9.17, 15) is 9.59 Å². The van der Waals surface area contributed by atoms with E-state index >= 15 is 0 Å². The van der Waals surface area contributed by atoms with Crippen molar-refractivity contribution in [2.45, 2.75) is 37.1 Å². The van der Waals surface area contributed by atoms with Crippen molar-refractivity contribution in [1.29, 1.82) is 0 Å². The van der Waals surface area contributed by atoms with Gasteiger partial charge in [0.2, 0.25) is 0 Å². The second kappa shape index (κ2) is 7.41. The number of methoxy groups -OCH3 is 1. The van der Waals surface area contributed by atoms with Crippen LogP contribution >= 0.6 is 0 Å². The monoisotopic (exact) mass is 348 g/mol. The van der Waals surface area contributed by atoms with Gasteiger partial charge in [0.15, 0.2) is 0 Å². The standard InChI is InChI=1S/C18H24N2O5/c1-20-14-8-18(16(21)23-2,9-15(20)12-24-11-14)19-17(22)25-10-13-6-4-3-5-7-13/h3-7,14-15H,8-12H2,1-2H3,(H,19,22). The van der Waals surface area contributed by atoms with Gasteiger partial charge in [-0.25, -0.2) is 9.59 Å². The summed E-state index contributed by atoms with van der Waals surface area (Å²) >= 11 is 0. The molecule has 0 spiro atoms. The summed E-state index contributed by atoms with van der Waals surface area (Å²) < 4.78 is 15.9. The van der Waals surface area contributed by atoms with E-state index in [1.807, 2.05) is 37.4 Å². The molecule has 2 saturated heterocycles. The van der Waals surface area contributed by atoms with Crippen LogP contribution in [0.5, 0.6) is 0 Å². The summed E-state index contributed by atoms with van der Waals surface area (Å²) in [5, 5.41) is 2.78. The molecule has 0 radical (unpaired) electrons. The van der Waals surface area contributed by atoms with Crippen molar-refractivity contribution in [3.05, 3.63) is 35.9 Å². The van der Waals surface area contributed by atoms with Crippen molar-refractivity contribution >= 4 is 12.1 Å². The molecule has 25 heavy (non-hydrogen) atoms. The van der Waals surface area contributed by atoms with Crippen molar-refractivity contribution in [1.82, 2.24) is 10.2 Å². The topological polar surface area (TPSA) is 77.1 Å². The molecular formula is C18H24N2O5. The predicted octanol–water partition coefficient (Wildman–Crippen LogP) is 1.32. The second-order valence-corrected chi connectivity index (χ2v) is 6.68. The first kappa shape index (κ1) is 17.7. The van der Waals surface area contributed by atoms with E-state index in [4.69, 9.17) is 14.2 Å². The second-order valence-electron chi connectivity index (χ2n) is 6.68. The number of esters is 1. The number of benzene rings is 1. The normalized spacial score (nSPS) is 28.9. The van der Waals surface area contributed by atoms with Gasteiger partial charge < -0.3 is 19.5 Å². The molecule has 1 aromatic rings. The Kier molecular flexibility index (Phi) is 5.24. The smallest absolute Gasteiger partial charge is 0.408 e. The number of nitrogens with one attached hydrogen (secondary N) is 1. The lowest BCUT2D eigenvalue weighted by molar-refractivity contribution is -0.158. The Morgan fingerprint density at radius 3 is 2.48 bits per heavy atom. The highest BCUT2D eigenvalue weighted by Gasteiger charge is 2.52. The number of rotatable bonds is 4. The number of hydrogen-bond donors (Lipinski definition) is 1. The lowest BCUT2D eigenvalue weighted by Gasteiger charge is -2.50. The van der Waals surface area contributed by atoms with E-state index in [2.05, 4.69) is 10.2 Å². The van der Waals surface area contributed by atoms with E-state index in [0.717, 1.165) is 5.56 Å². The highest BCUT2D eigenvalue weighted by molar-refractivity contribution is 5.86. The molecule has 1 N–H and O–H groups in total. The molecular weight excluding hydrogens is 324 g/mol. The van der Waals surface area contributed by atoms with Crippen molar-refractivity contribution in [2.75, 3.05) is 27.4 Å². The SMILES string of the molecule is COC(=O)C1(NC(=O)OCc2ccccc2)CC2COCC(C1)N2C. The average Bonchev–Trinajstić information content (AvgIpc) is 2.61. The Morgan fingerprint density at radius 1 is 1.24 bits per heavy atom. The molecule has 2 atom stereocenters. The summed E-state index contributed by atoms with van der Waals surface area (Å²) in [4.78, 5) is 27.0. The van der Waals surface area contributed by atoms with E-state index < -0.39 is 17.6 Å². The van der Waals surface area contributed by atoms with Gasteiger partial charge in [-0.1, -0.05) is 30.3 Å². The number of alkyl carbamates (subject to hydrolysis) is 1. The summed E-state index contributed by atoms with van der Waals surface area (Å²) in [7, 11) is 3.36. The molecule has 1 amide bonds. The Labute approximate surface area is 147 Å². The Hall–Kier alpha value is -2.12. The van der Waals surface area contributed by atoms with Gasteiger partial charge in [0.25, 0.3) is 0 Å². The molecule has 2 bridgehead atoms. The van der Waals surface area contributed by atoms with Gasteiger partial charge in [-0.2, -0.15) is 0 Å². The maximum atomic E-state index is 12.5. The minimum atomic E-state index is -1.08. The van der Waals surface area contributed by atoms with E-state index in [1.54, 1.807) is 0 Å². The van der Waals surface area contributed by atoms with Crippen LogP contribution < -0.4 is 5.32 Å². The van der Waals surface area contributed by atoms with E-state index in [1.165, 1.54) is 7.11 Å². The van der Waals surface area contributed by atoms with Crippen molar-refractivity contribution in [3.8, 4) is 0 Å². The first-order valence-corrected chi connectivity index (χ1v) is 8.41. The van der Waals surface area contributed by atoms with E-state index in [0.29, 0.717) is 26.1 Å². The summed E-state index contributed by atoms with van der Waals surface area (Å²) in [6, 6.07) is 9.52. The molecule has 3 rings (SSSR count). The molecule has 2 heterocycles. The van der Waals surface area contributed by atoms with Crippen molar-refractivity contribution < 1.29 is 23.8 Å². The zero-order chi connectivity index (χ0) is 17.9. The number of piperidine rings is 1. The van der Waals surface area contributed by atoms with Crippen molar-refractivity contribution in [2.24, 2.45) is 0 Å². The fourth-order valence-electron chi connectivity index (χ4n) is 3.64. The molecule has 2 fully saturated rings. The molecule has 0 aromatic heterocycles. The van der Waals surface area contributed by atoms with Crippen LogP contribution in [0.2, 0.25) is 0 Å². The van der Waals surface area contributed by atoms with Gasteiger partial charge in [-0.05, 0) is 25.5 Å². The van der Waals surface area contributed by atoms with Crippen LogP contribution in [0.3, 0.4) is 0 Å². The molecule has 7 heteroatoms. The molecule has 0 saturated carbocycles. The molecule has 7 nitrogen and oxygen atoms in total. The molecule has 0 aliphatic carbocycles. The first-order chi connectivity index (χ1) is 12.0. The summed E-state index contributed by atoms with van der Waals surface area (Å²) in [5.41, 5.74) is -0.188. The van der Waals surface area contributed by atoms with Gasteiger partial charge in [0.05, 0.1) is 20.3 Å². The van der Waals surface area contributed by atoms with Gasteiger partial charge in [-0.3, -0.25) is 4.90 Å². The quantitative estimate of drug-likeness (QED) is 0.827.